The number of ether oxygens (including phenoxy) is 3. The van der Waals surface area contributed by atoms with Crippen LogP contribution in [0.15, 0.2) is 0 Å². The Balaban J connectivity index is 4.14. The van der Waals surface area contributed by atoms with Crippen molar-refractivity contribution in [1.82, 2.24) is 0 Å². The van der Waals surface area contributed by atoms with E-state index < -0.39 is 6.10 Å². The van der Waals surface area contributed by atoms with Gasteiger partial charge in [-0.05, 0) is 31.1 Å². The van der Waals surface area contributed by atoms with Crippen molar-refractivity contribution in [2.45, 2.75) is 233 Å². The average Bonchev–Trinajstić information content (AvgIpc) is 3.06. The normalized spacial score (nSPS) is 12.1. The van der Waals surface area contributed by atoms with E-state index in [0.717, 1.165) is 76.0 Å². The Labute approximate surface area is 304 Å². The van der Waals surface area contributed by atoms with Crippen LogP contribution in [0.5, 0.6) is 0 Å². The molecular weight excluding hydrogens is 612 g/mol. The van der Waals surface area contributed by atoms with E-state index in [1.807, 2.05) is 0 Å². The Kier molecular flexibility index (Phi) is 35.0. The lowest BCUT2D eigenvalue weighted by Crippen LogP contribution is -2.30. The summed E-state index contributed by atoms with van der Waals surface area (Å²) < 4.78 is 16.5. The molecule has 0 aliphatic carbocycles. The fourth-order valence-electron chi connectivity index (χ4n) is 6.22. The molecule has 0 aliphatic rings. The molecule has 0 aromatic carbocycles. The lowest BCUT2D eigenvalue weighted by Gasteiger charge is -2.18. The summed E-state index contributed by atoms with van der Waals surface area (Å²) in [7, 11) is 0. The third kappa shape index (κ3) is 37.5. The zero-order valence-electron chi connectivity index (χ0n) is 33.3. The van der Waals surface area contributed by atoms with E-state index in [-0.39, 0.29) is 31.1 Å². The highest BCUT2D eigenvalue weighted by molar-refractivity contribution is 5.71. The summed E-state index contributed by atoms with van der Waals surface area (Å²) in [6, 6.07) is 0. The van der Waals surface area contributed by atoms with Gasteiger partial charge in [0, 0.05) is 19.3 Å². The molecule has 6 heteroatoms. The SMILES string of the molecule is CCCCCCCC(=O)O[C@H](COC(=O)CCCCCCCCCCCCCCCC(C)C)COC(=O)CCCCCCCCCC(C)C. The van der Waals surface area contributed by atoms with Crippen LogP contribution >= 0.6 is 0 Å². The van der Waals surface area contributed by atoms with Crippen LogP contribution < -0.4 is 0 Å². The summed E-state index contributed by atoms with van der Waals surface area (Å²) in [4.78, 5) is 37.3. The predicted octanol–water partition coefficient (Wildman–Crippen LogP) is 13.0. The number of rotatable bonds is 37. The number of hydrogen-bond acceptors (Lipinski definition) is 6. The van der Waals surface area contributed by atoms with Gasteiger partial charge in [0.1, 0.15) is 13.2 Å². The maximum atomic E-state index is 12.5. The highest BCUT2D eigenvalue weighted by Crippen LogP contribution is 2.16. The van der Waals surface area contributed by atoms with E-state index in [2.05, 4.69) is 34.6 Å². The van der Waals surface area contributed by atoms with E-state index in [4.69, 9.17) is 14.2 Å². The molecule has 0 aromatic heterocycles. The van der Waals surface area contributed by atoms with Gasteiger partial charge in [-0.25, -0.2) is 0 Å². The van der Waals surface area contributed by atoms with Crippen LogP contribution in [0.2, 0.25) is 0 Å². The summed E-state index contributed by atoms with van der Waals surface area (Å²) in [6.45, 7) is 11.2. The predicted molar refractivity (Wildman–Crippen MR) is 206 cm³/mol. The Morgan fingerprint density at radius 3 is 1.00 bits per heavy atom. The lowest BCUT2D eigenvalue weighted by atomic mass is 10.0. The Hall–Kier alpha value is -1.59. The molecule has 0 amide bonds. The van der Waals surface area contributed by atoms with Crippen molar-refractivity contribution in [3.8, 4) is 0 Å². The van der Waals surface area contributed by atoms with Crippen LogP contribution in [0.1, 0.15) is 227 Å². The standard InChI is InChI=1S/C43H82O6/c1-6-7-8-21-30-35-43(46)49-40(37-48-42(45)34-29-25-20-16-18-23-27-32-39(4)5)36-47-41(44)33-28-24-19-15-13-11-9-10-12-14-17-22-26-31-38(2)3/h38-40H,6-37H2,1-5H3/t40-/m1/s1. The van der Waals surface area contributed by atoms with Crippen molar-refractivity contribution in [2.75, 3.05) is 13.2 Å². The second-order valence-corrected chi connectivity index (χ2v) is 15.6. The molecule has 0 aromatic rings. The summed E-state index contributed by atoms with van der Waals surface area (Å²) in [5, 5.41) is 0. The van der Waals surface area contributed by atoms with Crippen LogP contribution in [-0.4, -0.2) is 37.2 Å². The average molecular weight is 695 g/mol. The second-order valence-electron chi connectivity index (χ2n) is 15.6. The highest BCUT2D eigenvalue weighted by Gasteiger charge is 2.19. The van der Waals surface area contributed by atoms with Gasteiger partial charge in [0.25, 0.3) is 0 Å². The quantitative estimate of drug-likeness (QED) is 0.0366. The highest BCUT2D eigenvalue weighted by atomic mass is 16.6. The van der Waals surface area contributed by atoms with Crippen molar-refractivity contribution in [1.29, 1.82) is 0 Å². The molecule has 0 unspecified atom stereocenters. The van der Waals surface area contributed by atoms with E-state index in [1.54, 1.807) is 0 Å². The molecule has 290 valence electrons. The van der Waals surface area contributed by atoms with Crippen molar-refractivity contribution in [2.24, 2.45) is 11.8 Å². The molecule has 0 heterocycles. The first-order valence-corrected chi connectivity index (χ1v) is 21.2. The van der Waals surface area contributed by atoms with Crippen molar-refractivity contribution >= 4 is 17.9 Å². The molecule has 6 nitrogen and oxygen atoms in total. The number of carbonyl (C=O) groups excluding carboxylic acids is 3. The van der Waals surface area contributed by atoms with Gasteiger partial charge in [-0.1, -0.05) is 189 Å². The zero-order chi connectivity index (χ0) is 36.2. The Bertz CT molecular complexity index is 749. The summed E-state index contributed by atoms with van der Waals surface area (Å²) in [5.74, 6) is 0.743. The van der Waals surface area contributed by atoms with Crippen molar-refractivity contribution < 1.29 is 28.6 Å². The van der Waals surface area contributed by atoms with Crippen LogP contribution in [0, 0.1) is 11.8 Å². The van der Waals surface area contributed by atoms with Crippen LogP contribution in [0.4, 0.5) is 0 Å². The molecule has 0 saturated heterocycles. The van der Waals surface area contributed by atoms with Crippen molar-refractivity contribution in [3.63, 3.8) is 0 Å². The number of esters is 3. The smallest absolute Gasteiger partial charge is 0.306 e. The van der Waals surface area contributed by atoms with Gasteiger partial charge in [-0.2, -0.15) is 0 Å². The zero-order valence-corrected chi connectivity index (χ0v) is 33.3. The summed E-state index contributed by atoms with van der Waals surface area (Å²) in [6.07, 6.45) is 32.7. The summed E-state index contributed by atoms with van der Waals surface area (Å²) in [5.41, 5.74) is 0. The van der Waals surface area contributed by atoms with Crippen LogP contribution in [0.3, 0.4) is 0 Å². The molecule has 1 atom stereocenters. The van der Waals surface area contributed by atoms with Crippen LogP contribution in [0.25, 0.3) is 0 Å². The maximum absolute atomic E-state index is 12.5. The molecule has 0 rings (SSSR count). The van der Waals surface area contributed by atoms with E-state index >= 15 is 0 Å². The maximum Gasteiger partial charge on any atom is 0.306 e. The molecule has 0 N–H and O–H groups in total. The number of carbonyl (C=O) groups is 3. The van der Waals surface area contributed by atoms with Crippen LogP contribution in [-0.2, 0) is 28.6 Å². The third-order valence-corrected chi connectivity index (χ3v) is 9.47. The Morgan fingerprint density at radius 1 is 0.388 bits per heavy atom. The topological polar surface area (TPSA) is 78.9 Å². The minimum absolute atomic E-state index is 0.0670. The van der Waals surface area contributed by atoms with Gasteiger partial charge >= 0.3 is 17.9 Å². The molecule has 0 aliphatic heterocycles. The van der Waals surface area contributed by atoms with Gasteiger partial charge in [0.15, 0.2) is 6.10 Å². The van der Waals surface area contributed by atoms with Crippen molar-refractivity contribution in [3.05, 3.63) is 0 Å². The van der Waals surface area contributed by atoms with E-state index in [0.29, 0.717) is 19.3 Å². The monoisotopic (exact) mass is 695 g/mol. The van der Waals surface area contributed by atoms with Gasteiger partial charge in [-0.3, -0.25) is 14.4 Å². The Morgan fingerprint density at radius 2 is 0.673 bits per heavy atom. The fourth-order valence-corrected chi connectivity index (χ4v) is 6.22. The first kappa shape index (κ1) is 47.4. The van der Waals surface area contributed by atoms with E-state index in [9.17, 15) is 14.4 Å². The van der Waals surface area contributed by atoms with Gasteiger partial charge < -0.3 is 14.2 Å². The van der Waals surface area contributed by atoms with E-state index in [1.165, 1.54) is 109 Å². The molecule has 0 radical (unpaired) electrons. The minimum Gasteiger partial charge on any atom is -0.462 e. The van der Waals surface area contributed by atoms with Gasteiger partial charge in [-0.15, -0.1) is 0 Å². The molecular formula is C43H82O6. The molecule has 0 saturated carbocycles. The molecule has 0 fully saturated rings. The second kappa shape index (κ2) is 36.2. The largest absolute Gasteiger partial charge is 0.462 e. The van der Waals surface area contributed by atoms with Gasteiger partial charge in [0.2, 0.25) is 0 Å². The fraction of sp³-hybridized carbons (Fsp3) is 0.930. The first-order chi connectivity index (χ1) is 23.7. The number of hydrogen-bond donors (Lipinski definition) is 0. The molecule has 49 heavy (non-hydrogen) atoms. The molecule has 0 spiro atoms. The number of unbranched alkanes of at least 4 members (excludes halogenated alkanes) is 22. The molecule has 0 bridgehead atoms. The van der Waals surface area contributed by atoms with Gasteiger partial charge in [0.05, 0.1) is 0 Å². The lowest BCUT2D eigenvalue weighted by molar-refractivity contribution is -0.167. The first-order valence-electron chi connectivity index (χ1n) is 21.2. The minimum atomic E-state index is -0.758. The third-order valence-electron chi connectivity index (χ3n) is 9.47. The summed E-state index contributed by atoms with van der Waals surface area (Å²) >= 11 is 0.